The third-order valence-corrected chi connectivity index (χ3v) is 6.23. The normalized spacial score (nSPS) is 22.1. The zero-order valence-corrected chi connectivity index (χ0v) is 16.9. The molecule has 2 amide bonds. The van der Waals surface area contributed by atoms with Crippen molar-refractivity contribution < 1.29 is 4.79 Å². The van der Waals surface area contributed by atoms with E-state index in [2.05, 4.69) is 17.5 Å². The van der Waals surface area contributed by atoms with Crippen molar-refractivity contribution in [1.29, 1.82) is 5.26 Å². The lowest BCUT2D eigenvalue weighted by atomic mass is 9.68. The fourth-order valence-electron chi connectivity index (χ4n) is 4.55. The molecule has 1 aliphatic carbocycles. The van der Waals surface area contributed by atoms with E-state index in [1.807, 2.05) is 43.4 Å². The summed E-state index contributed by atoms with van der Waals surface area (Å²) >= 11 is 12.7. The summed E-state index contributed by atoms with van der Waals surface area (Å²) in [6.07, 6.45) is 4.85. The number of carbonyl (C=O) groups is 1. The fourth-order valence-corrected chi connectivity index (χ4v) is 5.09. The molecule has 6 heteroatoms. The van der Waals surface area contributed by atoms with E-state index >= 15 is 0 Å². The predicted octanol–water partition coefficient (Wildman–Crippen LogP) is 5.46. The molecule has 1 saturated heterocycles. The van der Waals surface area contributed by atoms with Gasteiger partial charge in [0.25, 0.3) is 0 Å². The summed E-state index contributed by atoms with van der Waals surface area (Å²) in [4.78, 5) is 14.4. The van der Waals surface area contributed by atoms with Crippen LogP contribution in [0.1, 0.15) is 41.9 Å². The maximum Gasteiger partial charge on any atom is 0.322 e. The SMILES string of the molecule is CN1C(=O)NC2=CCCCC21C(c1ccc(C#N)cc1)c1cc(Cl)cc(Cl)c1. The van der Waals surface area contributed by atoms with Gasteiger partial charge in [-0.3, -0.25) is 0 Å². The third-order valence-electron chi connectivity index (χ3n) is 5.79. The van der Waals surface area contributed by atoms with Crippen LogP contribution in [0.4, 0.5) is 4.79 Å². The summed E-state index contributed by atoms with van der Waals surface area (Å²) in [6.45, 7) is 0. The first-order valence-electron chi connectivity index (χ1n) is 9.17. The molecule has 28 heavy (non-hydrogen) atoms. The number of allylic oxidation sites excluding steroid dienone is 1. The highest BCUT2D eigenvalue weighted by Crippen LogP contribution is 2.50. The Morgan fingerprint density at radius 2 is 1.82 bits per heavy atom. The van der Waals surface area contributed by atoms with E-state index in [-0.39, 0.29) is 11.9 Å². The highest BCUT2D eigenvalue weighted by Gasteiger charge is 2.54. The van der Waals surface area contributed by atoms with E-state index in [1.165, 1.54) is 0 Å². The van der Waals surface area contributed by atoms with Crippen LogP contribution in [-0.2, 0) is 0 Å². The molecule has 0 spiro atoms. The standard InChI is InChI=1S/C22H19Cl2N3O/c1-27-21(28)26-19-4-2-3-9-22(19,27)20(15-7-5-14(13-25)6-8-15)16-10-17(23)12-18(24)11-16/h4-8,10-12,20H,2-3,9H2,1H3,(H,26,28). The second kappa shape index (κ2) is 7.16. The summed E-state index contributed by atoms with van der Waals surface area (Å²) in [5.74, 6) is -0.174. The number of benzene rings is 2. The molecule has 4 nitrogen and oxygen atoms in total. The number of halogens is 2. The summed E-state index contributed by atoms with van der Waals surface area (Å²) in [5.41, 5.74) is 2.93. The molecule has 2 aliphatic rings. The monoisotopic (exact) mass is 411 g/mol. The van der Waals surface area contributed by atoms with E-state index in [4.69, 9.17) is 23.2 Å². The summed E-state index contributed by atoms with van der Waals surface area (Å²) in [6, 6.07) is 15.1. The number of urea groups is 1. The first kappa shape index (κ1) is 18.9. The van der Waals surface area contributed by atoms with E-state index in [0.717, 1.165) is 36.1 Å². The minimum atomic E-state index is -0.544. The third kappa shape index (κ3) is 2.96. The van der Waals surface area contributed by atoms with Gasteiger partial charge in [0.1, 0.15) is 0 Å². The van der Waals surface area contributed by atoms with Gasteiger partial charge in [-0.2, -0.15) is 5.26 Å². The Labute approximate surface area is 174 Å². The van der Waals surface area contributed by atoms with Gasteiger partial charge in [0.2, 0.25) is 0 Å². The van der Waals surface area contributed by atoms with Gasteiger partial charge in [-0.15, -0.1) is 0 Å². The Hall–Kier alpha value is -2.48. The van der Waals surface area contributed by atoms with Crippen molar-refractivity contribution in [3.63, 3.8) is 0 Å². The van der Waals surface area contributed by atoms with Crippen LogP contribution in [-0.4, -0.2) is 23.5 Å². The molecule has 142 valence electrons. The second-order valence-corrected chi connectivity index (χ2v) is 8.17. The number of nitrogens with zero attached hydrogens (tertiary/aromatic N) is 2. The lowest BCUT2D eigenvalue weighted by Crippen LogP contribution is -2.50. The molecule has 0 aromatic heterocycles. The number of likely N-dealkylation sites (N-methyl/N-ethyl adjacent to an activating group) is 1. The van der Waals surface area contributed by atoms with Gasteiger partial charge in [0.15, 0.2) is 0 Å². The molecular weight excluding hydrogens is 393 g/mol. The van der Waals surface area contributed by atoms with Crippen molar-refractivity contribution in [2.24, 2.45) is 0 Å². The number of rotatable bonds is 3. The molecule has 1 aliphatic heterocycles. The Bertz CT molecular complexity index is 989. The van der Waals surface area contributed by atoms with Crippen LogP contribution in [0.15, 0.2) is 54.2 Å². The van der Waals surface area contributed by atoms with Crippen molar-refractivity contribution >= 4 is 29.2 Å². The number of fused-ring (bicyclic) bond motifs is 1. The maximum absolute atomic E-state index is 12.6. The molecular formula is C22H19Cl2N3O. The summed E-state index contributed by atoms with van der Waals surface area (Å²) < 4.78 is 0. The average molecular weight is 412 g/mol. The molecule has 1 heterocycles. The molecule has 2 unspecified atom stereocenters. The van der Waals surface area contributed by atoms with Crippen LogP contribution >= 0.6 is 23.2 Å². The van der Waals surface area contributed by atoms with E-state index in [0.29, 0.717) is 15.6 Å². The van der Waals surface area contributed by atoms with E-state index < -0.39 is 5.54 Å². The minimum absolute atomic E-state index is 0.111. The topological polar surface area (TPSA) is 56.1 Å². The van der Waals surface area contributed by atoms with Crippen LogP contribution in [0.5, 0.6) is 0 Å². The van der Waals surface area contributed by atoms with E-state index in [1.54, 1.807) is 11.0 Å². The van der Waals surface area contributed by atoms with Crippen molar-refractivity contribution in [3.8, 4) is 6.07 Å². The average Bonchev–Trinajstić information content (AvgIpc) is 2.93. The Balaban J connectivity index is 1.97. The van der Waals surface area contributed by atoms with Gasteiger partial charge >= 0.3 is 6.03 Å². The molecule has 2 aromatic rings. The molecule has 2 aromatic carbocycles. The second-order valence-electron chi connectivity index (χ2n) is 7.29. The van der Waals surface area contributed by atoms with Gasteiger partial charge in [-0.1, -0.05) is 41.4 Å². The highest BCUT2D eigenvalue weighted by atomic mass is 35.5. The summed E-state index contributed by atoms with van der Waals surface area (Å²) in [5, 5.41) is 13.3. The minimum Gasteiger partial charge on any atom is -0.315 e. The van der Waals surface area contributed by atoms with Gasteiger partial charge in [-0.05, 0) is 60.7 Å². The van der Waals surface area contributed by atoms with Gasteiger partial charge in [0, 0.05) is 28.7 Å². The molecule has 0 radical (unpaired) electrons. The number of hydrogen-bond acceptors (Lipinski definition) is 2. The Morgan fingerprint density at radius 3 is 2.46 bits per heavy atom. The first-order valence-corrected chi connectivity index (χ1v) is 9.93. The highest BCUT2D eigenvalue weighted by molar-refractivity contribution is 6.34. The molecule has 1 N–H and O–H groups in total. The molecule has 0 bridgehead atoms. The summed E-state index contributed by atoms with van der Waals surface area (Å²) in [7, 11) is 1.84. The first-order chi connectivity index (χ1) is 13.5. The van der Waals surface area contributed by atoms with Crippen LogP contribution in [0.3, 0.4) is 0 Å². The van der Waals surface area contributed by atoms with Crippen molar-refractivity contribution in [3.05, 3.63) is 81.0 Å². The van der Waals surface area contributed by atoms with Crippen LogP contribution in [0, 0.1) is 11.3 Å². The van der Waals surface area contributed by atoms with Gasteiger partial charge < -0.3 is 10.2 Å². The number of amides is 2. The van der Waals surface area contributed by atoms with Crippen LogP contribution < -0.4 is 5.32 Å². The van der Waals surface area contributed by atoms with Crippen molar-refractivity contribution in [2.45, 2.75) is 30.7 Å². The van der Waals surface area contributed by atoms with Crippen molar-refractivity contribution in [2.75, 3.05) is 7.05 Å². The quantitative estimate of drug-likeness (QED) is 0.728. The number of hydrogen-bond donors (Lipinski definition) is 1. The van der Waals surface area contributed by atoms with E-state index in [9.17, 15) is 10.1 Å². The maximum atomic E-state index is 12.6. The number of carbonyl (C=O) groups excluding carboxylic acids is 1. The fraction of sp³-hybridized carbons (Fsp3) is 0.273. The molecule has 0 saturated carbocycles. The predicted molar refractivity (Wildman–Crippen MR) is 110 cm³/mol. The lowest BCUT2D eigenvalue weighted by molar-refractivity contribution is 0.163. The molecule has 4 rings (SSSR count). The van der Waals surface area contributed by atoms with Crippen LogP contribution in [0.25, 0.3) is 0 Å². The Morgan fingerprint density at radius 1 is 1.14 bits per heavy atom. The largest absolute Gasteiger partial charge is 0.322 e. The molecule has 1 fully saturated rings. The van der Waals surface area contributed by atoms with Gasteiger partial charge in [0.05, 0.1) is 17.2 Å². The zero-order chi connectivity index (χ0) is 19.9. The number of nitrogens with one attached hydrogen (secondary N) is 1. The van der Waals surface area contributed by atoms with Crippen LogP contribution in [0.2, 0.25) is 10.0 Å². The Kier molecular flexibility index (Phi) is 4.82. The lowest BCUT2D eigenvalue weighted by Gasteiger charge is -2.45. The zero-order valence-electron chi connectivity index (χ0n) is 15.4. The van der Waals surface area contributed by atoms with Gasteiger partial charge in [-0.25, -0.2) is 4.79 Å². The number of nitriles is 1. The smallest absolute Gasteiger partial charge is 0.315 e. The molecule has 2 atom stereocenters. The van der Waals surface area contributed by atoms with Crippen molar-refractivity contribution in [1.82, 2.24) is 10.2 Å².